The predicted octanol–water partition coefficient (Wildman–Crippen LogP) is 1.80. The van der Waals surface area contributed by atoms with Crippen molar-refractivity contribution in [3.05, 3.63) is 0 Å². The molecule has 2 nitrogen and oxygen atoms in total. The number of hydrogen-bond acceptors (Lipinski definition) is 2. The highest BCUT2D eigenvalue weighted by Gasteiger charge is 2.37. The SMILES string of the molecule is CCC1(CC2CCOCC2)CNC1. The molecule has 2 fully saturated rings. The molecule has 2 rings (SSSR count). The van der Waals surface area contributed by atoms with E-state index in [4.69, 9.17) is 4.74 Å². The highest BCUT2D eigenvalue weighted by atomic mass is 16.5. The van der Waals surface area contributed by atoms with Gasteiger partial charge in [0.15, 0.2) is 0 Å². The highest BCUT2D eigenvalue weighted by Crippen LogP contribution is 2.37. The van der Waals surface area contributed by atoms with Crippen molar-refractivity contribution in [2.45, 2.75) is 32.6 Å². The van der Waals surface area contributed by atoms with Crippen LogP contribution in [0.1, 0.15) is 32.6 Å². The monoisotopic (exact) mass is 183 g/mol. The summed E-state index contributed by atoms with van der Waals surface area (Å²) in [7, 11) is 0. The Labute approximate surface area is 81.0 Å². The smallest absolute Gasteiger partial charge is 0.0468 e. The minimum absolute atomic E-state index is 0.655. The molecule has 0 bridgehead atoms. The van der Waals surface area contributed by atoms with Crippen molar-refractivity contribution in [1.29, 1.82) is 0 Å². The van der Waals surface area contributed by atoms with Crippen LogP contribution in [0, 0.1) is 11.3 Å². The molecule has 0 spiro atoms. The molecule has 2 aliphatic rings. The van der Waals surface area contributed by atoms with Crippen LogP contribution in [0.15, 0.2) is 0 Å². The van der Waals surface area contributed by atoms with Crippen LogP contribution in [0.2, 0.25) is 0 Å². The van der Waals surface area contributed by atoms with E-state index in [0.29, 0.717) is 5.41 Å². The van der Waals surface area contributed by atoms with Gasteiger partial charge in [-0.3, -0.25) is 0 Å². The summed E-state index contributed by atoms with van der Waals surface area (Å²) in [6.07, 6.45) is 5.36. The maximum Gasteiger partial charge on any atom is 0.0468 e. The summed E-state index contributed by atoms with van der Waals surface area (Å²) in [6.45, 7) is 6.83. The van der Waals surface area contributed by atoms with Gasteiger partial charge in [0.25, 0.3) is 0 Å². The molecule has 0 aromatic carbocycles. The summed E-state index contributed by atoms with van der Waals surface area (Å²) in [5.41, 5.74) is 0.655. The molecule has 0 aromatic rings. The molecule has 0 radical (unpaired) electrons. The van der Waals surface area contributed by atoms with Gasteiger partial charge in [0, 0.05) is 26.3 Å². The Hall–Kier alpha value is -0.0800. The van der Waals surface area contributed by atoms with Gasteiger partial charge in [-0.2, -0.15) is 0 Å². The molecular formula is C11H21NO. The molecule has 0 amide bonds. The summed E-state index contributed by atoms with van der Waals surface area (Å²) in [5.74, 6) is 0.941. The topological polar surface area (TPSA) is 21.3 Å². The lowest BCUT2D eigenvalue weighted by atomic mass is 9.71. The summed E-state index contributed by atoms with van der Waals surface area (Å²) in [6, 6.07) is 0. The molecule has 0 aromatic heterocycles. The largest absolute Gasteiger partial charge is 0.381 e. The summed E-state index contributed by atoms with van der Waals surface area (Å²) in [4.78, 5) is 0. The van der Waals surface area contributed by atoms with Crippen LogP contribution >= 0.6 is 0 Å². The number of rotatable bonds is 3. The molecule has 0 unspecified atom stereocenters. The fourth-order valence-electron chi connectivity index (χ4n) is 2.58. The van der Waals surface area contributed by atoms with Crippen LogP contribution in [0.5, 0.6) is 0 Å². The molecular weight excluding hydrogens is 162 g/mol. The van der Waals surface area contributed by atoms with Crippen molar-refractivity contribution >= 4 is 0 Å². The lowest BCUT2D eigenvalue weighted by Gasteiger charge is -2.45. The lowest BCUT2D eigenvalue weighted by Crippen LogP contribution is -2.54. The van der Waals surface area contributed by atoms with E-state index in [1.807, 2.05) is 0 Å². The van der Waals surface area contributed by atoms with E-state index in [-0.39, 0.29) is 0 Å². The first-order valence-electron chi connectivity index (χ1n) is 5.63. The summed E-state index contributed by atoms with van der Waals surface area (Å²) < 4.78 is 5.38. The van der Waals surface area contributed by atoms with Crippen LogP contribution in [0.25, 0.3) is 0 Å². The Kier molecular flexibility index (Phi) is 2.89. The third-order valence-electron chi connectivity index (χ3n) is 3.81. The average Bonchev–Trinajstić information content (AvgIpc) is 2.13. The molecule has 0 atom stereocenters. The fourth-order valence-corrected chi connectivity index (χ4v) is 2.58. The highest BCUT2D eigenvalue weighted by molar-refractivity contribution is 4.92. The van der Waals surface area contributed by atoms with E-state index < -0.39 is 0 Å². The second-order valence-corrected chi connectivity index (χ2v) is 4.72. The van der Waals surface area contributed by atoms with Crippen LogP contribution in [0.4, 0.5) is 0 Å². The maximum atomic E-state index is 5.38. The lowest BCUT2D eigenvalue weighted by molar-refractivity contribution is 0.0317. The molecule has 2 aliphatic heterocycles. The van der Waals surface area contributed by atoms with Crippen LogP contribution in [-0.2, 0) is 4.74 Å². The third-order valence-corrected chi connectivity index (χ3v) is 3.81. The third kappa shape index (κ3) is 2.05. The van der Waals surface area contributed by atoms with Crippen LogP contribution < -0.4 is 5.32 Å². The van der Waals surface area contributed by atoms with Crippen molar-refractivity contribution in [3.8, 4) is 0 Å². The van der Waals surface area contributed by atoms with Gasteiger partial charge in [-0.25, -0.2) is 0 Å². The van der Waals surface area contributed by atoms with E-state index in [1.165, 1.54) is 38.8 Å². The van der Waals surface area contributed by atoms with E-state index in [0.717, 1.165) is 19.1 Å². The van der Waals surface area contributed by atoms with E-state index in [9.17, 15) is 0 Å². The average molecular weight is 183 g/mol. The second-order valence-electron chi connectivity index (χ2n) is 4.72. The van der Waals surface area contributed by atoms with Gasteiger partial charge in [0.2, 0.25) is 0 Å². The first-order chi connectivity index (χ1) is 6.35. The first-order valence-corrected chi connectivity index (χ1v) is 5.63. The molecule has 0 saturated carbocycles. The molecule has 2 heteroatoms. The number of hydrogen-bond donors (Lipinski definition) is 1. The van der Waals surface area contributed by atoms with Crippen molar-refractivity contribution in [2.75, 3.05) is 26.3 Å². The van der Waals surface area contributed by atoms with Crippen molar-refractivity contribution < 1.29 is 4.74 Å². The molecule has 0 aliphatic carbocycles. The Balaban J connectivity index is 1.81. The van der Waals surface area contributed by atoms with Gasteiger partial charge in [0.1, 0.15) is 0 Å². The van der Waals surface area contributed by atoms with Gasteiger partial charge < -0.3 is 10.1 Å². The Morgan fingerprint density at radius 2 is 2.00 bits per heavy atom. The molecule has 2 heterocycles. The van der Waals surface area contributed by atoms with Gasteiger partial charge in [-0.1, -0.05) is 6.92 Å². The van der Waals surface area contributed by atoms with E-state index in [2.05, 4.69) is 12.2 Å². The van der Waals surface area contributed by atoms with Crippen LogP contribution in [0.3, 0.4) is 0 Å². The van der Waals surface area contributed by atoms with E-state index in [1.54, 1.807) is 0 Å². The first kappa shape index (κ1) is 9.47. The zero-order chi connectivity index (χ0) is 9.15. The minimum Gasteiger partial charge on any atom is -0.381 e. The molecule has 13 heavy (non-hydrogen) atoms. The summed E-state index contributed by atoms with van der Waals surface area (Å²) in [5, 5.41) is 3.41. The normalized spacial score (nSPS) is 28.4. The molecule has 1 N–H and O–H groups in total. The van der Waals surface area contributed by atoms with Crippen molar-refractivity contribution in [1.82, 2.24) is 5.32 Å². The van der Waals surface area contributed by atoms with Gasteiger partial charge in [-0.15, -0.1) is 0 Å². The van der Waals surface area contributed by atoms with E-state index >= 15 is 0 Å². The number of ether oxygens (including phenoxy) is 1. The Morgan fingerprint density at radius 3 is 2.46 bits per heavy atom. The standard InChI is InChI=1S/C11H21NO/c1-2-11(8-12-9-11)7-10-3-5-13-6-4-10/h10,12H,2-9H2,1H3. The fraction of sp³-hybridized carbons (Fsp3) is 1.00. The minimum atomic E-state index is 0.655. The Bertz CT molecular complexity index is 154. The zero-order valence-electron chi connectivity index (χ0n) is 8.64. The van der Waals surface area contributed by atoms with Gasteiger partial charge in [0.05, 0.1) is 0 Å². The zero-order valence-corrected chi connectivity index (χ0v) is 8.64. The molecule has 76 valence electrons. The van der Waals surface area contributed by atoms with Crippen molar-refractivity contribution in [2.24, 2.45) is 11.3 Å². The second kappa shape index (κ2) is 3.97. The molecule has 2 saturated heterocycles. The number of nitrogens with one attached hydrogen (secondary N) is 1. The van der Waals surface area contributed by atoms with Crippen LogP contribution in [-0.4, -0.2) is 26.3 Å². The van der Waals surface area contributed by atoms with Gasteiger partial charge >= 0.3 is 0 Å². The van der Waals surface area contributed by atoms with Gasteiger partial charge in [-0.05, 0) is 37.0 Å². The van der Waals surface area contributed by atoms with Crippen molar-refractivity contribution in [3.63, 3.8) is 0 Å². The maximum absolute atomic E-state index is 5.38. The quantitative estimate of drug-likeness (QED) is 0.720. The Morgan fingerprint density at radius 1 is 1.31 bits per heavy atom. The predicted molar refractivity (Wildman–Crippen MR) is 53.8 cm³/mol. The summed E-state index contributed by atoms with van der Waals surface area (Å²) >= 11 is 0.